The van der Waals surface area contributed by atoms with E-state index in [9.17, 15) is 9.59 Å². The standard InChI is InChI=1S/C14H20N2O5/c1-9(2)21-11-6-4-10(5-7-11)15-14(19)16-12(8-20-3)13(17)18/h4-7,9,12H,8H2,1-3H3,(H,17,18)(H2,15,16,19). The molecule has 0 aliphatic heterocycles. The van der Waals surface area contributed by atoms with Crippen molar-refractivity contribution in [2.45, 2.75) is 26.0 Å². The van der Waals surface area contributed by atoms with Crippen molar-refractivity contribution >= 4 is 17.7 Å². The fraction of sp³-hybridized carbons (Fsp3) is 0.429. The van der Waals surface area contributed by atoms with Gasteiger partial charge in [-0.3, -0.25) is 0 Å². The number of hydrogen-bond acceptors (Lipinski definition) is 4. The van der Waals surface area contributed by atoms with Gasteiger partial charge in [-0.1, -0.05) is 0 Å². The molecular formula is C14H20N2O5. The molecule has 1 rings (SSSR count). The number of nitrogens with one attached hydrogen (secondary N) is 2. The topological polar surface area (TPSA) is 96.9 Å². The van der Waals surface area contributed by atoms with Crippen LogP contribution in [0.25, 0.3) is 0 Å². The number of amides is 2. The van der Waals surface area contributed by atoms with Crippen LogP contribution in [0.5, 0.6) is 5.75 Å². The Hall–Kier alpha value is -2.28. The summed E-state index contributed by atoms with van der Waals surface area (Å²) in [6.07, 6.45) is 0.0671. The van der Waals surface area contributed by atoms with Gasteiger partial charge in [0.15, 0.2) is 6.04 Å². The minimum atomic E-state index is -1.16. The summed E-state index contributed by atoms with van der Waals surface area (Å²) in [5, 5.41) is 13.7. The van der Waals surface area contributed by atoms with E-state index in [1.165, 1.54) is 7.11 Å². The summed E-state index contributed by atoms with van der Waals surface area (Å²) in [6, 6.07) is 5.07. The molecule has 3 N–H and O–H groups in total. The summed E-state index contributed by atoms with van der Waals surface area (Å²) in [6.45, 7) is 3.73. The third kappa shape index (κ3) is 6.13. The zero-order chi connectivity index (χ0) is 15.8. The van der Waals surface area contributed by atoms with Gasteiger partial charge in [0.2, 0.25) is 0 Å². The summed E-state index contributed by atoms with van der Waals surface area (Å²) >= 11 is 0. The van der Waals surface area contributed by atoms with Crippen LogP contribution in [0, 0.1) is 0 Å². The van der Waals surface area contributed by atoms with Crippen LogP contribution in [0.1, 0.15) is 13.8 Å². The third-order valence-corrected chi connectivity index (χ3v) is 2.42. The largest absolute Gasteiger partial charge is 0.491 e. The van der Waals surface area contributed by atoms with Crippen molar-refractivity contribution < 1.29 is 24.2 Å². The summed E-state index contributed by atoms with van der Waals surface area (Å²) in [5.41, 5.74) is 0.533. The minimum Gasteiger partial charge on any atom is -0.491 e. The van der Waals surface area contributed by atoms with Gasteiger partial charge in [0, 0.05) is 12.8 Å². The van der Waals surface area contributed by atoms with Gasteiger partial charge in [-0.2, -0.15) is 0 Å². The second-order valence-electron chi connectivity index (χ2n) is 4.64. The van der Waals surface area contributed by atoms with Crippen LogP contribution in [-0.4, -0.2) is 43.0 Å². The monoisotopic (exact) mass is 296 g/mol. The van der Waals surface area contributed by atoms with Crippen molar-refractivity contribution in [2.24, 2.45) is 0 Å². The first-order valence-corrected chi connectivity index (χ1v) is 6.48. The molecule has 7 heteroatoms. The molecule has 0 radical (unpaired) electrons. The zero-order valence-electron chi connectivity index (χ0n) is 12.3. The van der Waals surface area contributed by atoms with Crippen LogP contribution in [0.15, 0.2) is 24.3 Å². The van der Waals surface area contributed by atoms with Crippen LogP contribution in [0.3, 0.4) is 0 Å². The molecule has 0 fully saturated rings. The number of anilines is 1. The number of carbonyl (C=O) groups excluding carboxylic acids is 1. The average molecular weight is 296 g/mol. The lowest BCUT2D eigenvalue weighted by atomic mass is 10.3. The van der Waals surface area contributed by atoms with E-state index in [-0.39, 0.29) is 12.7 Å². The number of aliphatic carboxylic acids is 1. The Balaban J connectivity index is 2.56. The van der Waals surface area contributed by atoms with Gasteiger partial charge in [0.1, 0.15) is 5.75 Å². The van der Waals surface area contributed by atoms with E-state index in [1.807, 2.05) is 13.8 Å². The van der Waals surface area contributed by atoms with Crippen molar-refractivity contribution in [3.8, 4) is 5.75 Å². The van der Waals surface area contributed by atoms with E-state index in [4.69, 9.17) is 14.6 Å². The highest BCUT2D eigenvalue weighted by molar-refractivity contribution is 5.92. The van der Waals surface area contributed by atoms with E-state index in [1.54, 1.807) is 24.3 Å². The molecular weight excluding hydrogens is 276 g/mol. The zero-order valence-corrected chi connectivity index (χ0v) is 12.3. The van der Waals surface area contributed by atoms with E-state index in [2.05, 4.69) is 10.6 Å². The molecule has 1 aromatic carbocycles. The third-order valence-electron chi connectivity index (χ3n) is 2.42. The molecule has 0 aliphatic rings. The van der Waals surface area contributed by atoms with Gasteiger partial charge in [-0.25, -0.2) is 9.59 Å². The number of carboxylic acid groups (broad SMARTS) is 1. The highest BCUT2D eigenvalue weighted by Crippen LogP contribution is 2.16. The maximum absolute atomic E-state index is 11.7. The van der Waals surface area contributed by atoms with E-state index < -0.39 is 18.0 Å². The summed E-state index contributed by atoms with van der Waals surface area (Å²) in [7, 11) is 1.36. The van der Waals surface area contributed by atoms with Crippen molar-refractivity contribution in [3.63, 3.8) is 0 Å². The van der Waals surface area contributed by atoms with Gasteiger partial charge in [0.05, 0.1) is 12.7 Å². The number of methoxy groups -OCH3 is 1. The number of carbonyl (C=O) groups is 2. The maximum atomic E-state index is 11.7. The Kier molecular flexibility index (Phi) is 6.48. The van der Waals surface area contributed by atoms with E-state index >= 15 is 0 Å². The first kappa shape index (κ1) is 16.8. The normalized spacial score (nSPS) is 11.8. The van der Waals surface area contributed by atoms with Crippen molar-refractivity contribution in [2.75, 3.05) is 19.0 Å². The van der Waals surface area contributed by atoms with Gasteiger partial charge in [-0.15, -0.1) is 0 Å². The SMILES string of the molecule is COCC(NC(=O)Nc1ccc(OC(C)C)cc1)C(=O)O. The van der Waals surface area contributed by atoms with Gasteiger partial charge < -0.3 is 25.2 Å². The number of rotatable bonds is 7. The Morgan fingerprint density at radius 1 is 1.24 bits per heavy atom. The van der Waals surface area contributed by atoms with Crippen molar-refractivity contribution in [1.29, 1.82) is 0 Å². The van der Waals surface area contributed by atoms with Crippen molar-refractivity contribution in [1.82, 2.24) is 5.32 Å². The lowest BCUT2D eigenvalue weighted by molar-refractivity contribution is -0.140. The smallest absolute Gasteiger partial charge is 0.328 e. The molecule has 21 heavy (non-hydrogen) atoms. The Morgan fingerprint density at radius 2 is 1.86 bits per heavy atom. The lowest BCUT2D eigenvalue weighted by Gasteiger charge is -2.14. The summed E-state index contributed by atoms with van der Waals surface area (Å²) in [5.74, 6) is -0.466. The summed E-state index contributed by atoms with van der Waals surface area (Å²) < 4.78 is 10.2. The molecule has 7 nitrogen and oxygen atoms in total. The maximum Gasteiger partial charge on any atom is 0.328 e. The number of carboxylic acids is 1. The average Bonchev–Trinajstić information content (AvgIpc) is 2.40. The molecule has 116 valence electrons. The lowest BCUT2D eigenvalue weighted by Crippen LogP contribution is -2.45. The van der Waals surface area contributed by atoms with Gasteiger partial charge in [0.25, 0.3) is 0 Å². The molecule has 0 heterocycles. The molecule has 0 aliphatic carbocycles. The van der Waals surface area contributed by atoms with E-state index in [0.717, 1.165) is 0 Å². The van der Waals surface area contributed by atoms with Crippen LogP contribution < -0.4 is 15.4 Å². The minimum absolute atomic E-state index is 0.0671. The van der Waals surface area contributed by atoms with Crippen LogP contribution >= 0.6 is 0 Å². The first-order valence-electron chi connectivity index (χ1n) is 6.48. The molecule has 0 aromatic heterocycles. The fourth-order valence-electron chi connectivity index (χ4n) is 1.56. The number of benzene rings is 1. The van der Waals surface area contributed by atoms with Crippen molar-refractivity contribution in [3.05, 3.63) is 24.3 Å². The summed E-state index contributed by atoms with van der Waals surface area (Å²) in [4.78, 5) is 22.6. The Labute approximate surface area is 123 Å². The highest BCUT2D eigenvalue weighted by Gasteiger charge is 2.19. The number of urea groups is 1. The molecule has 1 aromatic rings. The van der Waals surface area contributed by atoms with Gasteiger partial charge in [-0.05, 0) is 38.1 Å². The van der Waals surface area contributed by atoms with Crippen LogP contribution in [0.4, 0.5) is 10.5 Å². The van der Waals surface area contributed by atoms with Crippen LogP contribution in [-0.2, 0) is 9.53 Å². The Morgan fingerprint density at radius 3 is 2.33 bits per heavy atom. The van der Waals surface area contributed by atoms with E-state index in [0.29, 0.717) is 11.4 Å². The molecule has 0 bridgehead atoms. The quantitative estimate of drug-likeness (QED) is 0.711. The molecule has 0 spiro atoms. The first-order chi connectivity index (χ1) is 9.92. The predicted molar refractivity (Wildman–Crippen MR) is 77.7 cm³/mol. The molecule has 1 unspecified atom stereocenters. The number of hydrogen-bond donors (Lipinski definition) is 3. The predicted octanol–water partition coefficient (Wildman–Crippen LogP) is 1.69. The number of ether oxygens (including phenoxy) is 2. The second kappa shape index (κ2) is 8.11. The Bertz CT molecular complexity index is 473. The molecule has 0 saturated carbocycles. The molecule has 2 amide bonds. The van der Waals surface area contributed by atoms with Gasteiger partial charge >= 0.3 is 12.0 Å². The second-order valence-corrected chi connectivity index (χ2v) is 4.64. The fourth-order valence-corrected chi connectivity index (χ4v) is 1.56. The molecule has 1 atom stereocenters. The highest BCUT2D eigenvalue weighted by atomic mass is 16.5. The van der Waals surface area contributed by atoms with Crippen LogP contribution in [0.2, 0.25) is 0 Å². The molecule has 0 saturated heterocycles.